The van der Waals surface area contributed by atoms with Gasteiger partial charge in [0.15, 0.2) is 11.5 Å². The highest BCUT2D eigenvalue weighted by Crippen LogP contribution is 2.39. The number of thiazole rings is 1. The van der Waals surface area contributed by atoms with Gasteiger partial charge in [-0.3, -0.25) is 9.59 Å². The van der Waals surface area contributed by atoms with Crippen LogP contribution in [0.1, 0.15) is 15.9 Å². The summed E-state index contributed by atoms with van der Waals surface area (Å²) in [6.07, 6.45) is 2.49. The average Bonchev–Trinajstić information content (AvgIpc) is 3.36. The Bertz CT molecular complexity index is 1740. The third-order valence-electron chi connectivity index (χ3n) is 5.64. The number of para-hydroxylation sites is 1. The molecule has 2 aromatic heterocycles. The van der Waals surface area contributed by atoms with Gasteiger partial charge >= 0.3 is 0 Å². The summed E-state index contributed by atoms with van der Waals surface area (Å²) in [6, 6.07) is 13.9. The lowest BCUT2D eigenvalue weighted by molar-refractivity contribution is 0.0987. The minimum atomic E-state index is -0.606. The Morgan fingerprint density at radius 2 is 1.79 bits per heavy atom. The van der Waals surface area contributed by atoms with Gasteiger partial charge in [-0.15, -0.1) is 0 Å². The van der Waals surface area contributed by atoms with Crippen molar-refractivity contribution >= 4 is 49.8 Å². The number of methoxy groups -OCH3 is 3. The molecule has 0 aliphatic rings. The number of hydrazone groups is 1. The van der Waals surface area contributed by atoms with Crippen molar-refractivity contribution in [2.75, 3.05) is 26.3 Å². The lowest BCUT2D eigenvalue weighted by Gasteiger charge is -2.17. The SMILES string of the molecule is COc1cc(C(=O)N(/N=C/c2coc3ccccc3c2=O)c2nc3ccc(F)cc3s2)cc(OC)c1OC. The maximum atomic E-state index is 13.8. The summed E-state index contributed by atoms with van der Waals surface area (Å²) in [6.45, 7) is 0. The first-order chi connectivity index (χ1) is 18.4. The summed E-state index contributed by atoms with van der Waals surface area (Å²) in [5.74, 6) is -0.204. The standard InChI is InChI=1S/C27H20FN3O6S/c1-34-21-10-15(11-22(35-2)25(21)36-3)26(33)31(27-30-19-9-8-17(28)12-23(19)38-27)29-13-16-14-37-20-7-5-4-6-18(20)24(16)32/h4-14H,1-3H3/b29-13+. The van der Waals surface area contributed by atoms with Gasteiger partial charge < -0.3 is 18.6 Å². The summed E-state index contributed by atoms with van der Waals surface area (Å²) >= 11 is 1.06. The molecular weight excluding hydrogens is 513 g/mol. The van der Waals surface area contributed by atoms with Crippen molar-refractivity contribution in [1.82, 2.24) is 4.98 Å². The number of aromatic nitrogens is 1. The maximum absolute atomic E-state index is 13.8. The van der Waals surface area contributed by atoms with E-state index in [0.717, 1.165) is 16.3 Å². The second kappa shape index (κ2) is 10.3. The van der Waals surface area contributed by atoms with Gasteiger partial charge in [-0.25, -0.2) is 9.37 Å². The fourth-order valence-electron chi connectivity index (χ4n) is 3.79. The second-order valence-corrected chi connectivity index (χ2v) is 8.91. The first kappa shape index (κ1) is 24.9. The normalized spacial score (nSPS) is 11.3. The number of anilines is 1. The number of ether oxygens (including phenoxy) is 3. The number of amides is 1. The van der Waals surface area contributed by atoms with Crippen molar-refractivity contribution in [3.63, 3.8) is 0 Å². The number of fused-ring (bicyclic) bond motifs is 2. The van der Waals surface area contributed by atoms with Crippen molar-refractivity contribution in [3.05, 3.63) is 88.0 Å². The molecule has 1 amide bonds. The van der Waals surface area contributed by atoms with Crippen molar-refractivity contribution in [2.45, 2.75) is 0 Å². The second-order valence-electron chi connectivity index (χ2n) is 7.90. The van der Waals surface area contributed by atoms with Crippen LogP contribution in [-0.4, -0.2) is 38.4 Å². The van der Waals surface area contributed by atoms with E-state index in [1.165, 1.54) is 64.1 Å². The predicted octanol–water partition coefficient (Wildman–Crippen LogP) is 5.25. The van der Waals surface area contributed by atoms with E-state index in [9.17, 15) is 14.0 Å². The van der Waals surface area contributed by atoms with Crippen molar-refractivity contribution in [3.8, 4) is 17.2 Å². The smallest absolute Gasteiger partial charge is 0.281 e. The largest absolute Gasteiger partial charge is 0.493 e. The van der Waals surface area contributed by atoms with Crippen LogP contribution in [0.3, 0.4) is 0 Å². The van der Waals surface area contributed by atoms with Gasteiger partial charge in [0.25, 0.3) is 5.91 Å². The Hall–Kier alpha value is -4.77. The lowest BCUT2D eigenvalue weighted by Crippen LogP contribution is -2.26. The maximum Gasteiger partial charge on any atom is 0.281 e. The van der Waals surface area contributed by atoms with Crippen LogP contribution in [0.2, 0.25) is 0 Å². The molecule has 192 valence electrons. The Kier molecular flexibility index (Phi) is 6.75. The molecule has 0 bridgehead atoms. The molecule has 5 rings (SSSR count). The molecule has 0 radical (unpaired) electrons. The van der Waals surface area contributed by atoms with E-state index in [1.807, 2.05) is 0 Å². The number of carbonyl (C=O) groups is 1. The first-order valence-electron chi connectivity index (χ1n) is 11.2. The molecule has 0 atom stereocenters. The number of benzene rings is 3. The molecular formula is C27H20FN3O6S. The average molecular weight is 534 g/mol. The number of nitrogens with zero attached hydrogens (tertiary/aromatic N) is 3. The highest BCUT2D eigenvalue weighted by molar-refractivity contribution is 7.22. The topological polar surface area (TPSA) is 103 Å². The first-order valence-corrected chi connectivity index (χ1v) is 12.0. The van der Waals surface area contributed by atoms with Crippen LogP contribution >= 0.6 is 11.3 Å². The number of halogens is 1. The summed E-state index contributed by atoms with van der Waals surface area (Å²) in [5.41, 5.74) is 0.857. The Morgan fingerprint density at radius 1 is 1.05 bits per heavy atom. The van der Waals surface area contributed by atoms with Gasteiger partial charge in [0.05, 0.1) is 48.7 Å². The van der Waals surface area contributed by atoms with Crippen LogP contribution in [0.4, 0.5) is 9.52 Å². The summed E-state index contributed by atoms with van der Waals surface area (Å²) in [5, 5.41) is 5.87. The molecule has 0 unspecified atom stereocenters. The lowest BCUT2D eigenvalue weighted by atomic mass is 10.1. The molecule has 0 spiro atoms. The van der Waals surface area contributed by atoms with E-state index in [4.69, 9.17) is 18.6 Å². The quantitative estimate of drug-likeness (QED) is 0.208. The zero-order valence-electron chi connectivity index (χ0n) is 20.4. The van der Waals surface area contributed by atoms with Crippen molar-refractivity contribution in [2.24, 2.45) is 5.10 Å². The van der Waals surface area contributed by atoms with Crippen LogP contribution < -0.4 is 24.6 Å². The third-order valence-corrected chi connectivity index (χ3v) is 6.64. The summed E-state index contributed by atoms with van der Waals surface area (Å²) in [7, 11) is 4.32. The molecule has 3 aromatic carbocycles. The summed E-state index contributed by atoms with van der Waals surface area (Å²) < 4.78 is 36.0. The molecule has 9 nitrogen and oxygen atoms in total. The van der Waals surface area contributed by atoms with Gasteiger partial charge in [-0.05, 0) is 42.5 Å². The van der Waals surface area contributed by atoms with Gasteiger partial charge in [-0.1, -0.05) is 23.5 Å². The number of carbonyl (C=O) groups excluding carboxylic acids is 1. The van der Waals surface area contributed by atoms with Gasteiger partial charge in [0, 0.05) is 5.56 Å². The fourth-order valence-corrected chi connectivity index (χ4v) is 4.74. The molecule has 38 heavy (non-hydrogen) atoms. The number of rotatable bonds is 7. The third kappa shape index (κ3) is 4.55. The van der Waals surface area contributed by atoms with E-state index >= 15 is 0 Å². The molecule has 0 aliphatic carbocycles. The molecule has 0 fully saturated rings. The molecule has 0 saturated carbocycles. The number of hydrogen-bond acceptors (Lipinski definition) is 9. The van der Waals surface area contributed by atoms with Crippen LogP contribution in [0, 0.1) is 5.82 Å². The molecule has 0 saturated heterocycles. The predicted molar refractivity (Wildman–Crippen MR) is 143 cm³/mol. The number of hydrogen-bond donors (Lipinski definition) is 0. The molecule has 0 N–H and O–H groups in total. The van der Waals surface area contributed by atoms with Crippen LogP contribution in [0.15, 0.2) is 75.2 Å². The fraction of sp³-hybridized carbons (Fsp3) is 0.111. The molecule has 5 aromatic rings. The molecule has 11 heteroatoms. The van der Waals surface area contributed by atoms with Gasteiger partial charge in [0.1, 0.15) is 17.7 Å². The monoisotopic (exact) mass is 533 g/mol. The zero-order chi connectivity index (χ0) is 26.8. The molecule has 2 heterocycles. The summed E-state index contributed by atoms with van der Waals surface area (Å²) in [4.78, 5) is 31.2. The minimum Gasteiger partial charge on any atom is -0.493 e. The van der Waals surface area contributed by atoms with E-state index in [-0.39, 0.29) is 33.2 Å². The highest BCUT2D eigenvalue weighted by atomic mass is 32.1. The minimum absolute atomic E-state index is 0.124. The highest BCUT2D eigenvalue weighted by Gasteiger charge is 2.25. The van der Waals surface area contributed by atoms with E-state index in [2.05, 4.69) is 10.1 Å². The van der Waals surface area contributed by atoms with Crippen molar-refractivity contribution < 1.29 is 27.8 Å². The van der Waals surface area contributed by atoms with Crippen LogP contribution in [0.25, 0.3) is 21.2 Å². The van der Waals surface area contributed by atoms with E-state index < -0.39 is 11.7 Å². The Morgan fingerprint density at radius 3 is 2.50 bits per heavy atom. The Balaban J connectivity index is 1.63. The Labute approximate surface area is 219 Å². The zero-order valence-corrected chi connectivity index (χ0v) is 21.2. The van der Waals surface area contributed by atoms with Crippen LogP contribution in [0.5, 0.6) is 17.2 Å². The molecule has 0 aliphatic heterocycles. The van der Waals surface area contributed by atoms with E-state index in [1.54, 1.807) is 24.3 Å². The van der Waals surface area contributed by atoms with E-state index in [0.29, 0.717) is 26.9 Å². The van der Waals surface area contributed by atoms with Crippen molar-refractivity contribution in [1.29, 1.82) is 0 Å². The van der Waals surface area contributed by atoms with Crippen LogP contribution in [-0.2, 0) is 0 Å². The van der Waals surface area contributed by atoms with Gasteiger partial charge in [0.2, 0.25) is 16.3 Å². The van der Waals surface area contributed by atoms with Gasteiger partial charge in [-0.2, -0.15) is 10.1 Å².